The summed E-state index contributed by atoms with van der Waals surface area (Å²) in [5.41, 5.74) is 14.1. The van der Waals surface area contributed by atoms with Crippen LogP contribution in [-0.2, 0) is 10.8 Å². The van der Waals surface area contributed by atoms with Crippen molar-refractivity contribution >= 4 is 34.1 Å². The molecule has 10 rings (SSSR count). The highest BCUT2D eigenvalue weighted by Crippen LogP contribution is 2.55. The molecule has 0 N–H and O–H groups in total. The van der Waals surface area contributed by atoms with Gasteiger partial charge in [-0.25, -0.2) is 15.0 Å². The third kappa shape index (κ3) is 5.19. The van der Waals surface area contributed by atoms with Gasteiger partial charge in [-0.2, -0.15) is 0 Å². The van der Waals surface area contributed by atoms with Crippen molar-refractivity contribution in [2.75, 3.05) is 9.80 Å². The molecule has 0 atom stereocenters. The Morgan fingerprint density at radius 2 is 0.589 bits per heavy atom. The van der Waals surface area contributed by atoms with Crippen molar-refractivity contribution in [3.63, 3.8) is 0 Å². The predicted octanol–water partition coefficient (Wildman–Crippen LogP) is 13.1. The van der Waals surface area contributed by atoms with Crippen LogP contribution >= 0.6 is 0 Å². The minimum atomic E-state index is -0.177. The van der Waals surface area contributed by atoms with E-state index in [0.717, 1.165) is 50.8 Å². The molecule has 0 amide bonds. The summed E-state index contributed by atoms with van der Waals surface area (Å²) in [5.74, 6) is 1.84. The molecule has 2 aliphatic heterocycles. The monoisotopic (exact) mass is 723 g/mol. The van der Waals surface area contributed by atoms with Gasteiger partial charge in [0.25, 0.3) is 0 Å². The lowest BCUT2D eigenvalue weighted by Gasteiger charge is -2.42. The average Bonchev–Trinajstić information content (AvgIpc) is 3.24. The second-order valence-corrected chi connectivity index (χ2v) is 15.7. The standard InChI is InChI=1S/C51H41N5/c1-50(2)37-24-10-16-30-43(37)55(44-31-17-11-25-38(44)50)41-28-14-8-22-35(41)48-52-47(34-20-6-5-7-21-34)53-49(54-48)36-23-9-15-29-42(36)56-45-32-18-12-26-39(45)51(3,4)40-27-13-19-33-46(40)56/h5-33H,1-4H3. The van der Waals surface area contributed by atoms with Crippen LogP contribution in [0.15, 0.2) is 176 Å². The lowest BCUT2D eigenvalue weighted by atomic mass is 9.73. The lowest BCUT2D eigenvalue weighted by molar-refractivity contribution is 0.632. The molecule has 0 fully saturated rings. The van der Waals surface area contributed by atoms with Crippen molar-refractivity contribution in [1.82, 2.24) is 15.0 Å². The van der Waals surface area contributed by atoms with E-state index in [9.17, 15) is 0 Å². The van der Waals surface area contributed by atoms with Crippen molar-refractivity contribution in [2.45, 2.75) is 38.5 Å². The number of para-hydroxylation sites is 6. The van der Waals surface area contributed by atoms with Crippen molar-refractivity contribution in [2.24, 2.45) is 0 Å². The van der Waals surface area contributed by atoms with Crippen LogP contribution in [0.1, 0.15) is 49.9 Å². The summed E-state index contributed by atoms with van der Waals surface area (Å²) in [6.07, 6.45) is 0. The topological polar surface area (TPSA) is 45.2 Å². The number of rotatable bonds is 5. The molecular weight excluding hydrogens is 683 g/mol. The summed E-state index contributed by atoms with van der Waals surface area (Å²) in [4.78, 5) is 20.7. The number of benzene rings is 7. The summed E-state index contributed by atoms with van der Waals surface area (Å²) < 4.78 is 0. The maximum atomic E-state index is 5.42. The fourth-order valence-corrected chi connectivity index (χ4v) is 8.91. The van der Waals surface area contributed by atoms with E-state index >= 15 is 0 Å². The first-order chi connectivity index (χ1) is 27.3. The molecule has 8 aromatic rings. The van der Waals surface area contributed by atoms with E-state index in [1.54, 1.807) is 0 Å². The molecule has 3 heterocycles. The van der Waals surface area contributed by atoms with Crippen LogP contribution in [0.2, 0.25) is 0 Å². The molecule has 0 radical (unpaired) electrons. The maximum absolute atomic E-state index is 5.42. The van der Waals surface area contributed by atoms with Crippen molar-refractivity contribution in [1.29, 1.82) is 0 Å². The summed E-state index contributed by atoms with van der Waals surface area (Å²) in [6, 6.07) is 62.2. The van der Waals surface area contributed by atoms with E-state index in [1.807, 2.05) is 18.2 Å². The second-order valence-electron chi connectivity index (χ2n) is 15.7. The second kappa shape index (κ2) is 12.9. The Bertz CT molecular complexity index is 2520. The number of fused-ring (bicyclic) bond motifs is 4. The van der Waals surface area contributed by atoms with E-state index < -0.39 is 0 Å². The van der Waals surface area contributed by atoms with Crippen LogP contribution in [0, 0.1) is 0 Å². The normalized spacial score (nSPS) is 14.6. The largest absolute Gasteiger partial charge is 0.309 e. The maximum Gasteiger partial charge on any atom is 0.166 e. The van der Waals surface area contributed by atoms with Crippen LogP contribution in [-0.4, -0.2) is 15.0 Å². The Morgan fingerprint density at radius 1 is 0.304 bits per heavy atom. The molecule has 0 spiro atoms. The zero-order chi connectivity index (χ0) is 38.0. The number of hydrogen-bond donors (Lipinski definition) is 0. The summed E-state index contributed by atoms with van der Waals surface area (Å²) in [5, 5.41) is 0. The fourth-order valence-electron chi connectivity index (χ4n) is 8.91. The van der Waals surface area contributed by atoms with Gasteiger partial charge >= 0.3 is 0 Å². The molecule has 0 aliphatic carbocycles. The van der Waals surface area contributed by atoms with Gasteiger partial charge in [-0.15, -0.1) is 0 Å². The van der Waals surface area contributed by atoms with Crippen LogP contribution in [0.4, 0.5) is 34.1 Å². The Labute approximate surface area is 328 Å². The minimum absolute atomic E-state index is 0.177. The molecular formula is C51H41N5. The summed E-state index contributed by atoms with van der Waals surface area (Å²) in [7, 11) is 0. The highest BCUT2D eigenvalue weighted by atomic mass is 15.2. The van der Waals surface area contributed by atoms with Gasteiger partial charge in [-0.05, 0) is 70.8 Å². The number of nitrogens with zero attached hydrogens (tertiary/aromatic N) is 5. The molecule has 1 aromatic heterocycles. The molecule has 0 unspecified atom stereocenters. The SMILES string of the molecule is CC1(C)c2ccccc2N(c2ccccc2-c2nc(-c3ccccc3)nc(-c3ccccc3N3c4ccccc4C(C)(C)c4ccccc43)n2)c2ccccc21. The zero-order valence-electron chi connectivity index (χ0n) is 32.0. The smallest absolute Gasteiger partial charge is 0.166 e. The van der Waals surface area contributed by atoms with Crippen LogP contribution in [0.5, 0.6) is 0 Å². The summed E-state index contributed by atoms with van der Waals surface area (Å²) in [6.45, 7) is 9.26. The van der Waals surface area contributed by atoms with Crippen molar-refractivity contribution in [3.8, 4) is 34.2 Å². The van der Waals surface area contributed by atoms with Gasteiger partial charge in [0, 0.05) is 27.5 Å². The molecule has 0 saturated carbocycles. The first kappa shape index (κ1) is 33.7. The highest BCUT2D eigenvalue weighted by molar-refractivity contribution is 5.94. The average molecular weight is 724 g/mol. The number of hydrogen-bond acceptors (Lipinski definition) is 5. The molecule has 2 aliphatic rings. The number of anilines is 6. The fraction of sp³-hybridized carbons (Fsp3) is 0.118. The van der Waals surface area contributed by atoms with E-state index in [1.165, 1.54) is 22.3 Å². The quantitative estimate of drug-likeness (QED) is 0.177. The molecule has 5 nitrogen and oxygen atoms in total. The van der Waals surface area contributed by atoms with Gasteiger partial charge in [0.15, 0.2) is 17.5 Å². The van der Waals surface area contributed by atoms with E-state index in [2.05, 4.69) is 195 Å². The third-order valence-electron chi connectivity index (χ3n) is 11.7. The number of aromatic nitrogens is 3. The van der Waals surface area contributed by atoms with E-state index in [0.29, 0.717) is 17.5 Å². The summed E-state index contributed by atoms with van der Waals surface area (Å²) >= 11 is 0. The van der Waals surface area contributed by atoms with Gasteiger partial charge in [0.2, 0.25) is 0 Å². The molecule has 7 aromatic carbocycles. The van der Waals surface area contributed by atoms with Crippen molar-refractivity contribution < 1.29 is 0 Å². The molecule has 0 saturated heterocycles. The highest BCUT2D eigenvalue weighted by Gasteiger charge is 2.39. The van der Waals surface area contributed by atoms with Gasteiger partial charge in [-0.3, -0.25) is 0 Å². The van der Waals surface area contributed by atoms with Crippen molar-refractivity contribution in [3.05, 3.63) is 198 Å². The van der Waals surface area contributed by atoms with Crippen LogP contribution in [0.25, 0.3) is 34.2 Å². The first-order valence-electron chi connectivity index (χ1n) is 19.3. The lowest BCUT2D eigenvalue weighted by Crippen LogP contribution is -2.30. The molecule has 5 heteroatoms. The predicted molar refractivity (Wildman–Crippen MR) is 230 cm³/mol. The first-order valence-corrected chi connectivity index (χ1v) is 19.3. The Balaban J connectivity index is 1.21. The Kier molecular flexibility index (Phi) is 7.75. The van der Waals surface area contributed by atoms with Crippen LogP contribution in [0.3, 0.4) is 0 Å². The van der Waals surface area contributed by atoms with Gasteiger partial charge in [0.05, 0.1) is 34.1 Å². The Hall–Kier alpha value is -6.85. The van der Waals surface area contributed by atoms with E-state index in [-0.39, 0.29) is 10.8 Å². The van der Waals surface area contributed by atoms with E-state index in [4.69, 9.17) is 15.0 Å². The third-order valence-corrected chi connectivity index (χ3v) is 11.7. The Morgan fingerprint density at radius 3 is 0.964 bits per heavy atom. The van der Waals surface area contributed by atoms with Gasteiger partial charge in [0.1, 0.15) is 0 Å². The van der Waals surface area contributed by atoms with Crippen LogP contribution < -0.4 is 9.80 Å². The molecule has 270 valence electrons. The molecule has 0 bridgehead atoms. The van der Waals surface area contributed by atoms with Gasteiger partial charge in [-0.1, -0.05) is 155 Å². The van der Waals surface area contributed by atoms with Gasteiger partial charge < -0.3 is 9.80 Å². The zero-order valence-corrected chi connectivity index (χ0v) is 32.0. The molecule has 56 heavy (non-hydrogen) atoms. The minimum Gasteiger partial charge on any atom is -0.309 e.